The number of hydrogen-bond donors (Lipinski definition) is 1. The van der Waals surface area contributed by atoms with E-state index < -0.39 is 5.60 Å². The molecule has 0 aliphatic carbocycles. The van der Waals surface area contributed by atoms with Gasteiger partial charge < -0.3 is 19.9 Å². The molecule has 2 rings (SSSR count). The molecule has 0 aromatic carbocycles. The minimum atomic E-state index is -0.471. The van der Waals surface area contributed by atoms with E-state index in [0.717, 1.165) is 45.3 Å². The lowest BCUT2D eigenvalue weighted by Crippen LogP contribution is -2.51. The number of carbonyl (C=O) groups excluding carboxylic acids is 2. The monoisotopic (exact) mass is 325 g/mol. The van der Waals surface area contributed by atoms with Crippen molar-refractivity contribution in [2.24, 2.45) is 0 Å². The van der Waals surface area contributed by atoms with Crippen LogP contribution in [-0.2, 0) is 9.53 Å². The van der Waals surface area contributed by atoms with Crippen LogP contribution < -0.4 is 5.32 Å². The van der Waals surface area contributed by atoms with Gasteiger partial charge in [-0.1, -0.05) is 0 Å². The van der Waals surface area contributed by atoms with E-state index in [4.69, 9.17) is 4.74 Å². The lowest BCUT2D eigenvalue weighted by Gasteiger charge is -2.35. The van der Waals surface area contributed by atoms with Crippen LogP contribution in [0.3, 0.4) is 0 Å². The second-order valence-electron chi connectivity index (χ2n) is 7.59. The first kappa shape index (κ1) is 18.0. The van der Waals surface area contributed by atoms with E-state index in [-0.39, 0.29) is 18.0 Å². The molecule has 0 saturated carbocycles. The van der Waals surface area contributed by atoms with Crippen LogP contribution >= 0.6 is 0 Å². The Morgan fingerprint density at radius 3 is 2.35 bits per heavy atom. The maximum absolute atomic E-state index is 12.2. The van der Waals surface area contributed by atoms with Crippen LogP contribution in [0.4, 0.5) is 4.79 Å². The molecule has 2 heterocycles. The number of carbonyl (C=O) groups is 2. The van der Waals surface area contributed by atoms with E-state index in [1.54, 1.807) is 4.90 Å². The van der Waals surface area contributed by atoms with Crippen LogP contribution in [0.25, 0.3) is 0 Å². The van der Waals surface area contributed by atoms with Crippen LogP contribution in [0.1, 0.15) is 52.9 Å². The maximum Gasteiger partial charge on any atom is 0.410 e. The highest BCUT2D eigenvalue weighted by molar-refractivity contribution is 5.78. The lowest BCUT2D eigenvalue weighted by molar-refractivity contribution is -0.131. The van der Waals surface area contributed by atoms with Gasteiger partial charge in [0, 0.05) is 32.2 Å². The number of nitrogens with one attached hydrogen (secondary N) is 1. The first-order valence-electron chi connectivity index (χ1n) is 8.84. The predicted molar refractivity (Wildman–Crippen MR) is 89.3 cm³/mol. The van der Waals surface area contributed by atoms with Gasteiger partial charge >= 0.3 is 6.09 Å². The smallest absolute Gasteiger partial charge is 0.410 e. The van der Waals surface area contributed by atoms with Crippen molar-refractivity contribution in [1.29, 1.82) is 0 Å². The topological polar surface area (TPSA) is 61.9 Å². The number of piperidine rings is 2. The fourth-order valence-electron chi connectivity index (χ4n) is 3.12. The fourth-order valence-corrected chi connectivity index (χ4v) is 3.12. The van der Waals surface area contributed by atoms with Gasteiger partial charge in [0.05, 0.1) is 6.54 Å². The van der Waals surface area contributed by atoms with Gasteiger partial charge in [-0.15, -0.1) is 0 Å². The van der Waals surface area contributed by atoms with E-state index in [2.05, 4.69) is 5.32 Å². The summed E-state index contributed by atoms with van der Waals surface area (Å²) in [5.41, 5.74) is -0.471. The molecule has 1 unspecified atom stereocenters. The third kappa shape index (κ3) is 6.01. The molecule has 0 aromatic heterocycles. The molecule has 2 aliphatic rings. The molecule has 0 bridgehead atoms. The van der Waals surface area contributed by atoms with Gasteiger partial charge in [-0.05, 0) is 52.9 Å². The second kappa shape index (κ2) is 7.99. The van der Waals surface area contributed by atoms with Gasteiger partial charge in [0.15, 0.2) is 0 Å². The molecule has 2 fully saturated rings. The zero-order chi connectivity index (χ0) is 16.9. The molecule has 0 radical (unpaired) electrons. The summed E-state index contributed by atoms with van der Waals surface area (Å²) < 4.78 is 5.43. The Morgan fingerprint density at radius 2 is 1.70 bits per heavy atom. The minimum absolute atomic E-state index is 0.171. The molecule has 2 saturated heterocycles. The summed E-state index contributed by atoms with van der Waals surface area (Å²) in [5, 5.41) is 3.33. The van der Waals surface area contributed by atoms with Gasteiger partial charge in [0.2, 0.25) is 5.91 Å². The zero-order valence-electron chi connectivity index (χ0n) is 14.8. The molecule has 6 heteroatoms. The van der Waals surface area contributed by atoms with Crippen LogP contribution in [-0.4, -0.2) is 66.2 Å². The van der Waals surface area contributed by atoms with Crippen molar-refractivity contribution in [3.63, 3.8) is 0 Å². The van der Waals surface area contributed by atoms with Gasteiger partial charge in [0.1, 0.15) is 5.60 Å². The van der Waals surface area contributed by atoms with Crippen LogP contribution in [0.5, 0.6) is 0 Å². The van der Waals surface area contributed by atoms with Crippen molar-refractivity contribution in [2.75, 3.05) is 32.7 Å². The predicted octanol–water partition coefficient (Wildman–Crippen LogP) is 1.99. The molecule has 23 heavy (non-hydrogen) atoms. The number of likely N-dealkylation sites (tertiary alicyclic amines) is 2. The van der Waals surface area contributed by atoms with Crippen molar-refractivity contribution < 1.29 is 14.3 Å². The molecule has 0 spiro atoms. The summed E-state index contributed by atoms with van der Waals surface area (Å²) in [6.45, 7) is 9.11. The minimum Gasteiger partial charge on any atom is -0.444 e. The maximum atomic E-state index is 12.2. The fraction of sp³-hybridized carbons (Fsp3) is 0.882. The highest BCUT2D eigenvalue weighted by Gasteiger charge is 2.28. The number of amides is 2. The molecule has 1 atom stereocenters. The van der Waals surface area contributed by atoms with E-state index in [1.807, 2.05) is 25.7 Å². The Labute approximate surface area is 139 Å². The molecule has 6 nitrogen and oxygen atoms in total. The third-order valence-electron chi connectivity index (χ3n) is 4.32. The molecule has 2 aliphatic heterocycles. The summed E-state index contributed by atoms with van der Waals surface area (Å²) in [4.78, 5) is 28.0. The molecule has 0 aromatic rings. The first-order chi connectivity index (χ1) is 10.8. The second-order valence-corrected chi connectivity index (χ2v) is 7.59. The Bertz CT molecular complexity index is 414. The molecule has 132 valence electrons. The summed E-state index contributed by atoms with van der Waals surface area (Å²) in [6, 6.07) is 0.171. The van der Waals surface area contributed by atoms with E-state index in [9.17, 15) is 9.59 Å². The van der Waals surface area contributed by atoms with Crippen LogP contribution in [0, 0.1) is 0 Å². The molecule has 1 N–H and O–H groups in total. The summed E-state index contributed by atoms with van der Waals surface area (Å²) in [5.74, 6) is 0.180. The summed E-state index contributed by atoms with van der Waals surface area (Å²) in [7, 11) is 0. The number of hydrogen-bond acceptors (Lipinski definition) is 4. The Balaban J connectivity index is 1.75. The zero-order valence-corrected chi connectivity index (χ0v) is 14.8. The number of ether oxygens (including phenoxy) is 1. The number of rotatable bonds is 3. The van der Waals surface area contributed by atoms with Crippen molar-refractivity contribution in [3.8, 4) is 0 Å². The standard InChI is InChI=1S/C17H31N3O3/c1-17(2,3)23-16(22)20-11-7-8-14(13-20)18-12-15(21)19-9-5-4-6-10-19/h14,18H,4-13H2,1-3H3. The van der Waals surface area contributed by atoms with Crippen LogP contribution in [0.2, 0.25) is 0 Å². The average Bonchev–Trinajstić information content (AvgIpc) is 2.52. The van der Waals surface area contributed by atoms with Gasteiger partial charge in [-0.2, -0.15) is 0 Å². The summed E-state index contributed by atoms with van der Waals surface area (Å²) in [6.07, 6.45) is 5.13. The molecule has 2 amide bonds. The molecular weight excluding hydrogens is 294 g/mol. The number of nitrogens with zero attached hydrogens (tertiary/aromatic N) is 2. The Kier molecular flexibility index (Phi) is 6.27. The van der Waals surface area contributed by atoms with Crippen molar-refractivity contribution in [1.82, 2.24) is 15.1 Å². The normalized spacial score (nSPS) is 22.8. The van der Waals surface area contributed by atoms with Crippen molar-refractivity contribution in [3.05, 3.63) is 0 Å². The van der Waals surface area contributed by atoms with Crippen molar-refractivity contribution in [2.45, 2.75) is 64.5 Å². The highest BCUT2D eigenvalue weighted by atomic mass is 16.6. The van der Waals surface area contributed by atoms with Gasteiger partial charge in [-0.3, -0.25) is 4.79 Å². The first-order valence-corrected chi connectivity index (χ1v) is 8.84. The van der Waals surface area contributed by atoms with Gasteiger partial charge in [0.25, 0.3) is 0 Å². The van der Waals surface area contributed by atoms with E-state index >= 15 is 0 Å². The highest BCUT2D eigenvalue weighted by Crippen LogP contribution is 2.15. The quantitative estimate of drug-likeness (QED) is 0.862. The SMILES string of the molecule is CC(C)(C)OC(=O)N1CCCC(NCC(=O)N2CCCCC2)C1. The lowest BCUT2D eigenvalue weighted by atomic mass is 10.1. The Morgan fingerprint density at radius 1 is 1.04 bits per heavy atom. The third-order valence-corrected chi connectivity index (χ3v) is 4.32. The van der Waals surface area contributed by atoms with Gasteiger partial charge in [-0.25, -0.2) is 4.79 Å². The largest absolute Gasteiger partial charge is 0.444 e. The average molecular weight is 325 g/mol. The van der Waals surface area contributed by atoms with Crippen LogP contribution in [0.15, 0.2) is 0 Å². The van der Waals surface area contributed by atoms with E-state index in [0.29, 0.717) is 13.1 Å². The summed E-state index contributed by atoms with van der Waals surface area (Å²) >= 11 is 0. The molecular formula is C17H31N3O3. The van der Waals surface area contributed by atoms with E-state index in [1.165, 1.54) is 6.42 Å². The van der Waals surface area contributed by atoms with Crippen molar-refractivity contribution >= 4 is 12.0 Å². The Hall–Kier alpha value is -1.30.